The maximum Gasteiger partial charge on any atom is 0.344 e. The van der Waals surface area contributed by atoms with Crippen LogP contribution in [0.15, 0.2) is 91.1 Å². The number of H-pyrrole nitrogens is 1. The van der Waals surface area contributed by atoms with Gasteiger partial charge in [0.05, 0.1) is 12.2 Å². The molecule has 0 aliphatic carbocycles. The van der Waals surface area contributed by atoms with E-state index in [1.54, 1.807) is 42.1 Å². The molecule has 5 rings (SSSR count). The van der Waals surface area contributed by atoms with Crippen molar-refractivity contribution in [2.75, 3.05) is 0 Å². The van der Waals surface area contributed by atoms with Gasteiger partial charge < -0.3 is 9.72 Å². The maximum absolute atomic E-state index is 13.7. The molecule has 0 bridgehead atoms. The summed E-state index contributed by atoms with van der Waals surface area (Å²) < 4.78 is 7.40. The second-order valence-corrected chi connectivity index (χ2v) is 8.56. The number of carbonyl (C=O) groups is 2. The summed E-state index contributed by atoms with van der Waals surface area (Å²) in [5.74, 6) is -1.03. The van der Waals surface area contributed by atoms with Crippen LogP contribution in [-0.2, 0) is 11.3 Å². The minimum atomic E-state index is -1.14. The van der Waals surface area contributed by atoms with Gasteiger partial charge in [0.25, 0.3) is 0 Å². The van der Waals surface area contributed by atoms with E-state index in [0.29, 0.717) is 23.4 Å². The van der Waals surface area contributed by atoms with Crippen LogP contribution >= 0.6 is 11.6 Å². The van der Waals surface area contributed by atoms with Crippen LogP contribution in [0.1, 0.15) is 43.6 Å². The molecule has 0 saturated heterocycles. The van der Waals surface area contributed by atoms with Crippen LogP contribution in [0, 0.1) is 6.92 Å². The molecular formula is C28H22ClN3O3. The van der Waals surface area contributed by atoms with Gasteiger partial charge in [0.15, 0.2) is 6.10 Å². The number of benzene rings is 3. The summed E-state index contributed by atoms with van der Waals surface area (Å²) in [6.45, 7) is 2.10. The van der Waals surface area contributed by atoms with Gasteiger partial charge in [0.1, 0.15) is 10.7 Å². The van der Waals surface area contributed by atoms with Crippen molar-refractivity contribution in [2.45, 2.75) is 19.6 Å². The van der Waals surface area contributed by atoms with Crippen molar-refractivity contribution in [1.82, 2.24) is 14.8 Å². The lowest BCUT2D eigenvalue weighted by Crippen LogP contribution is -2.20. The molecule has 0 amide bonds. The highest BCUT2D eigenvalue weighted by atomic mass is 35.5. The van der Waals surface area contributed by atoms with Gasteiger partial charge in [-0.3, -0.25) is 4.79 Å². The van der Waals surface area contributed by atoms with E-state index in [9.17, 15) is 9.59 Å². The van der Waals surface area contributed by atoms with Crippen LogP contribution < -0.4 is 0 Å². The molecule has 2 heterocycles. The molecule has 0 aliphatic rings. The molecule has 1 N–H and O–H groups in total. The van der Waals surface area contributed by atoms with Gasteiger partial charge in [-0.1, -0.05) is 90.5 Å². The third kappa shape index (κ3) is 4.48. The lowest BCUT2D eigenvalue weighted by atomic mass is 9.99. The van der Waals surface area contributed by atoms with Crippen LogP contribution in [0.2, 0.25) is 5.15 Å². The summed E-state index contributed by atoms with van der Waals surface area (Å²) in [5, 5.41) is 5.37. The third-order valence-corrected chi connectivity index (χ3v) is 6.25. The molecular weight excluding hydrogens is 462 g/mol. The summed E-state index contributed by atoms with van der Waals surface area (Å²) in [6.07, 6.45) is 0.503. The van der Waals surface area contributed by atoms with Crippen molar-refractivity contribution in [3.05, 3.63) is 124 Å². The molecule has 0 fully saturated rings. The Balaban J connectivity index is 1.48. The summed E-state index contributed by atoms with van der Waals surface area (Å²) in [7, 11) is 0. The number of hydrogen-bond donors (Lipinski definition) is 1. The second-order valence-electron chi connectivity index (χ2n) is 8.20. The molecule has 35 heavy (non-hydrogen) atoms. The fourth-order valence-electron chi connectivity index (χ4n) is 4.13. The highest BCUT2D eigenvalue weighted by Crippen LogP contribution is 2.30. The standard InChI is InChI=1S/C28H22ClN3O3/c1-18-24(27(29)32(31-18)17-19-10-4-2-5-11-19)28(34)35-26(20-12-6-3-7-13-20)25(33)22-16-30-23-15-9-8-14-21(22)23/h2-16,26,30H,17H2,1H3. The summed E-state index contributed by atoms with van der Waals surface area (Å²) >= 11 is 6.57. The first kappa shape index (κ1) is 22.6. The Hall–Kier alpha value is -4.16. The van der Waals surface area contributed by atoms with Crippen LogP contribution in [0.3, 0.4) is 0 Å². The fourth-order valence-corrected chi connectivity index (χ4v) is 4.44. The van der Waals surface area contributed by atoms with E-state index in [0.717, 1.165) is 16.5 Å². The minimum Gasteiger partial charge on any atom is -0.445 e. The van der Waals surface area contributed by atoms with Gasteiger partial charge in [0, 0.05) is 28.2 Å². The lowest BCUT2D eigenvalue weighted by Gasteiger charge is -2.17. The number of halogens is 1. The van der Waals surface area contributed by atoms with Gasteiger partial charge in [-0.25, -0.2) is 9.48 Å². The van der Waals surface area contributed by atoms with Crippen LogP contribution in [0.4, 0.5) is 0 Å². The van der Waals surface area contributed by atoms with Crippen molar-refractivity contribution in [1.29, 1.82) is 0 Å². The Kier molecular flexibility index (Phi) is 6.21. The zero-order valence-electron chi connectivity index (χ0n) is 18.9. The normalized spacial score (nSPS) is 11.9. The highest BCUT2D eigenvalue weighted by Gasteiger charge is 2.31. The number of ketones is 1. The van der Waals surface area contributed by atoms with Crippen molar-refractivity contribution in [3.8, 4) is 0 Å². The Bertz CT molecular complexity index is 1510. The largest absolute Gasteiger partial charge is 0.445 e. The number of para-hydroxylation sites is 1. The summed E-state index contributed by atoms with van der Waals surface area (Å²) in [5.41, 5.74) is 3.42. The molecule has 1 unspecified atom stereocenters. The predicted octanol–water partition coefficient (Wildman–Crippen LogP) is 6.16. The molecule has 0 spiro atoms. The van der Waals surface area contributed by atoms with E-state index in [-0.39, 0.29) is 16.5 Å². The number of esters is 1. The molecule has 5 aromatic rings. The predicted molar refractivity (Wildman–Crippen MR) is 135 cm³/mol. The fraction of sp³-hybridized carbons (Fsp3) is 0.107. The molecule has 3 aromatic carbocycles. The zero-order valence-corrected chi connectivity index (χ0v) is 19.7. The Morgan fingerprint density at radius 2 is 1.63 bits per heavy atom. The number of aromatic amines is 1. The number of rotatable bonds is 7. The van der Waals surface area contributed by atoms with Gasteiger partial charge in [-0.05, 0) is 18.6 Å². The number of carbonyl (C=O) groups excluding carboxylic acids is 2. The van der Waals surface area contributed by atoms with E-state index >= 15 is 0 Å². The second kappa shape index (κ2) is 9.60. The highest BCUT2D eigenvalue weighted by molar-refractivity contribution is 6.32. The van der Waals surface area contributed by atoms with Crippen LogP contribution in [0.25, 0.3) is 10.9 Å². The number of aryl methyl sites for hydroxylation is 1. The SMILES string of the molecule is Cc1nn(Cc2ccccc2)c(Cl)c1C(=O)OC(C(=O)c1c[nH]c2ccccc12)c1ccccc1. The average molecular weight is 484 g/mol. The van der Waals surface area contributed by atoms with Gasteiger partial charge in [0.2, 0.25) is 5.78 Å². The van der Waals surface area contributed by atoms with E-state index < -0.39 is 12.1 Å². The average Bonchev–Trinajstić information content (AvgIpc) is 3.43. The van der Waals surface area contributed by atoms with E-state index in [4.69, 9.17) is 16.3 Å². The quantitative estimate of drug-likeness (QED) is 0.222. The number of fused-ring (bicyclic) bond motifs is 1. The monoisotopic (exact) mass is 483 g/mol. The number of ether oxygens (including phenoxy) is 1. The van der Waals surface area contributed by atoms with Crippen molar-refractivity contribution in [3.63, 3.8) is 0 Å². The number of hydrogen-bond acceptors (Lipinski definition) is 4. The van der Waals surface area contributed by atoms with Gasteiger partial charge in [-0.2, -0.15) is 5.10 Å². The van der Waals surface area contributed by atoms with Crippen molar-refractivity contribution >= 4 is 34.3 Å². The molecule has 7 heteroatoms. The molecule has 0 saturated carbocycles. The van der Waals surface area contributed by atoms with Gasteiger partial charge >= 0.3 is 5.97 Å². The molecule has 0 aliphatic heterocycles. The number of Topliss-reactive ketones (excluding diaryl/α,β-unsaturated/α-hetero) is 1. The molecule has 6 nitrogen and oxygen atoms in total. The third-order valence-electron chi connectivity index (χ3n) is 5.86. The molecule has 0 radical (unpaired) electrons. The smallest absolute Gasteiger partial charge is 0.344 e. The number of nitrogens with zero attached hydrogens (tertiary/aromatic N) is 2. The first-order chi connectivity index (χ1) is 17.0. The molecule has 1 atom stereocenters. The van der Waals surface area contributed by atoms with Crippen molar-refractivity contribution < 1.29 is 14.3 Å². The first-order valence-electron chi connectivity index (χ1n) is 11.2. The topological polar surface area (TPSA) is 77.0 Å². The van der Waals surface area contributed by atoms with Crippen molar-refractivity contribution in [2.24, 2.45) is 0 Å². The summed E-state index contributed by atoms with van der Waals surface area (Å²) in [4.78, 5) is 30.1. The first-order valence-corrected chi connectivity index (χ1v) is 11.5. The van der Waals surface area contributed by atoms with Crippen LogP contribution in [0.5, 0.6) is 0 Å². The Labute approximate surface area is 207 Å². The zero-order chi connectivity index (χ0) is 24.4. The van der Waals surface area contributed by atoms with Gasteiger partial charge in [-0.15, -0.1) is 0 Å². The Morgan fingerprint density at radius 1 is 0.971 bits per heavy atom. The number of nitrogens with one attached hydrogen (secondary N) is 1. The maximum atomic E-state index is 13.7. The Morgan fingerprint density at radius 3 is 2.37 bits per heavy atom. The minimum absolute atomic E-state index is 0.148. The van der Waals surface area contributed by atoms with E-state index in [1.807, 2.05) is 60.7 Å². The lowest BCUT2D eigenvalue weighted by molar-refractivity contribution is 0.0280. The van der Waals surface area contributed by atoms with E-state index in [1.165, 1.54) is 0 Å². The number of aromatic nitrogens is 3. The summed E-state index contributed by atoms with van der Waals surface area (Å²) in [6, 6.07) is 26.2. The molecule has 174 valence electrons. The van der Waals surface area contributed by atoms with E-state index in [2.05, 4.69) is 10.1 Å². The van der Waals surface area contributed by atoms with Crippen LogP contribution in [-0.4, -0.2) is 26.5 Å². The molecule has 2 aromatic heterocycles.